The molecule has 0 aliphatic carbocycles. The topological polar surface area (TPSA) is 62.1 Å². The number of nitrogens with one attached hydrogen (secondary N) is 1. The highest BCUT2D eigenvalue weighted by molar-refractivity contribution is 7.19. The minimum atomic E-state index is -0.564. The highest BCUT2D eigenvalue weighted by Crippen LogP contribution is 2.36. The van der Waals surface area contributed by atoms with Gasteiger partial charge in [0.25, 0.3) is 5.91 Å². The summed E-state index contributed by atoms with van der Waals surface area (Å²) in [5.74, 6) is 0.522. The number of rotatable bonds is 3. The Labute approximate surface area is 149 Å². The maximum Gasteiger partial charge on any atom is 0.266 e. The van der Waals surface area contributed by atoms with E-state index in [-0.39, 0.29) is 5.91 Å². The molecule has 3 aromatic rings. The lowest BCUT2D eigenvalue weighted by molar-refractivity contribution is -0.122. The van der Waals surface area contributed by atoms with Crippen molar-refractivity contribution in [3.63, 3.8) is 0 Å². The van der Waals surface area contributed by atoms with Gasteiger partial charge >= 0.3 is 0 Å². The average molecular weight is 346 g/mol. The lowest BCUT2D eigenvalue weighted by atomic mass is 10.1. The van der Waals surface area contributed by atoms with Crippen LogP contribution in [-0.4, -0.2) is 12.0 Å². The summed E-state index contributed by atoms with van der Waals surface area (Å²) in [6.07, 6.45) is -0.0212. The van der Waals surface area contributed by atoms with E-state index in [1.807, 2.05) is 54.6 Å². The number of hydrogen-bond donors (Lipinski definition) is 1. The Hall–Kier alpha value is -3.10. The van der Waals surface area contributed by atoms with Gasteiger partial charge in [-0.05, 0) is 23.3 Å². The van der Waals surface area contributed by atoms with Gasteiger partial charge in [-0.3, -0.25) is 4.79 Å². The smallest absolute Gasteiger partial charge is 0.266 e. The van der Waals surface area contributed by atoms with E-state index in [0.29, 0.717) is 17.0 Å². The second kappa shape index (κ2) is 6.42. The Morgan fingerprint density at radius 2 is 1.92 bits per heavy atom. The summed E-state index contributed by atoms with van der Waals surface area (Å²) in [6, 6.07) is 21.4. The summed E-state index contributed by atoms with van der Waals surface area (Å²) in [7, 11) is 0. The molecule has 1 amide bonds. The average Bonchev–Trinajstić information content (AvgIpc) is 3.26. The van der Waals surface area contributed by atoms with Crippen molar-refractivity contribution >= 4 is 22.2 Å². The van der Waals surface area contributed by atoms with Gasteiger partial charge < -0.3 is 10.1 Å². The molecule has 5 heteroatoms. The summed E-state index contributed by atoms with van der Waals surface area (Å²) in [4.78, 5) is 13.5. The number of anilines is 1. The van der Waals surface area contributed by atoms with E-state index in [1.165, 1.54) is 11.3 Å². The molecule has 122 valence electrons. The van der Waals surface area contributed by atoms with Crippen LogP contribution in [0.25, 0.3) is 10.4 Å². The van der Waals surface area contributed by atoms with Crippen LogP contribution >= 0.6 is 11.3 Å². The second-order valence-electron chi connectivity index (χ2n) is 5.74. The molecule has 0 spiro atoms. The van der Waals surface area contributed by atoms with Crippen molar-refractivity contribution in [2.24, 2.45) is 0 Å². The fraction of sp³-hybridized carbons (Fsp3) is 0.100. The first-order chi connectivity index (χ1) is 12.2. The first-order valence-electron chi connectivity index (χ1n) is 7.89. The molecule has 1 atom stereocenters. The number of carbonyl (C=O) groups is 1. The maximum absolute atomic E-state index is 12.6. The van der Waals surface area contributed by atoms with Crippen molar-refractivity contribution in [3.05, 3.63) is 71.8 Å². The molecule has 4 nitrogen and oxygen atoms in total. The Balaban J connectivity index is 1.54. The number of para-hydroxylation sites is 1. The molecule has 1 aliphatic heterocycles. The fourth-order valence-corrected chi connectivity index (χ4v) is 3.85. The summed E-state index contributed by atoms with van der Waals surface area (Å²) in [6.45, 7) is 0. The van der Waals surface area contributed by atoms with Crippen molar-refractivity contribution in [1.82, 2.24) is 0 Å². The number of nitriles is 1. The number of amides is 1. The molecule has 1 N–H and O–H groups in total. The number of benzene rings is 2. The predicted octanol–water partition coefficient (Wildman–Crippen LogP) is 4.23. The Kier molecular flexibility index (Phi) is 3.96. The molecular formula is C20H14N2O2S. The SMILES string of the molecule is N#Cc1cc(-c2ccccc2)sc1NC(=O)[C@H]1Cc2ccccc2O1. The molecule has 0 radical (unpaired) electrons. The van der Waals surface area contributed by atoms with Crippen molar-refractivity contribution in [3.8, 4) is 22.3 Å². The van der Waals surface area contributed by atoms with Crippen LogP contribution in [0.3, 0.4) is 0 Å². The Morgan fingerprint density at radius 1 is 1.16 bits per heavy atom. The van der Waals surface area contributed by atoms with Gasteiger partial charge in [-0.1, -0.05) is 48.5 Å². The third kappa shape index (κ3) is 3.00. The van der Waals surface area contributed by atoms with E-state index in [9.17, 15) is 10.1 Å². The molecule has 2 aromatic carbocycles. The summed E-state index contributed by atoms with van der Waals surface area (Å²) in [5, 5.41) is 12.8. The molecule has 1 aliphatic rings. The molecular weight excluding hydrogens is 332 g/mol. The van der Waals surface area contributed by atoms with Crippen LogP contribution in [0.15, 0.2) is 60.7 Å². The van der Waals surface area contributed by atoms with Crippen LogP contribution in [0.1, 0.15) is 11.1 Å². The minimum Gasteiger partial charge on any atom is -0.480 e. The van der Waals surface area contributed by atoms with E-state index < -0.39 is 6.10 Å². The minimum absolute atomic E-state index is 0.228. The van der Waals surface area contributed by atoms with Crippen LogP contribution in [0.2, 0.25) is 0 Å². The zero-order chi connectivity index (χ0) is 17.2. The third-order valence-corrected chi connectivity index (χ3v) is 5.19. The number of thiophene rings is 1. The predicted molar refractivity (Wildman–Crippen MR) is 97.7 cm³/mol. The van der Waals surface area contributed by atoms with Crippen LogP contribution in [-0.2, 0) is 11.2 Å². The second-order valence-corrected chi connectivity index (χ2v) is 6.79. The normalized spacial score (nSPS) is 15.1. The molecule has 2 heterocycles. The van der Waals surface area contributed by atoms with Crippen molar-refractivity contribution in [2.45, 2.75) is 12.5 Å². The largest absolute Gasteiger partial charge is 0.480 e. The van der Waals surface area contributed by atoms with Gasteiger partial charge in [-0.25, -0.2) is 0 Å². The number of hydrogen-bond acceptors (Lipinski definition) is 4. The maximum atomic E-state index is 12.6. The van der Waals surface area contributed by atoms with Gasteiger partial charge in [0.2, 0.25) is 0 Å². The van der Waals surface area contributed by atoms with E-state index in [4.69, 9.17) is 4.74 Å². The standard InChI is InChI=1S/C20H14N2O2S/c21-12-15-11-18(13-6-2-1-3-7-13)25-20(15)22-19(23)17-10-14-8-4-5-9-16(14)24-17/h1-9,11,17H,10H2,(H,22,23)/t17-/m1/s1. The highest BCUT2D eigenvalue weighted by Gasteiger charge is 2.29. The van der Waals surface area contributed by atoms with Crippen LogP contribution in [0, 0.1) is 11.3 Å². The highest BCUT2D eigenvalue weighted by atomic mass is 32.1. The van der Waals surface area contributed by atoms with Crippen molar-refractivity contribution in [2.75, 3.05) is 5.32 Å². The van der Waals surface area contributed by atoms with Crippen LogP contribution in [0.4, 0.5) is 5.00 Å². The summed E-state index contributed by atoms with van der Waals surface area (Å²) in [5.41, 5.74) is 2.51. The molecule has 25 heavy (non-hydrogen) atoms. The fourth-order valence-electron chi connectivity index (χ4n) is 2.83. The molecule has 0 saturated heterocycles. The molecule has 0 unspecified atom stereocenters. The van der Waals surface area contributed by atoms with Crippen LogP contribution in [0.5, 0.6) is 5.75 Å². The quantitative estimate of drug-likeness (QED) is 0.772. The Bertz CT molecular complexity index is 948. The monoisotopic (exact) mass is 346 g/mol. The molecule has 0 fully saturated rings. The zero-order valence-electron chi connectivity index (χ0n) is 13.2. The van der Waals surface area contributed by atoms with E-state index in [0.717, 1.165) is 21.8 Å². The molecule has 1 aromatic heterocycles. The van der Waals surface area contributed by atoms with E-state index in [1.54, 1.807) is 6.07 Å². The lowest BCUT2D eigenvalue weighted by Gasteiger charge is -2.10. The Morgan fingerprint density at radius 3 is 2.68 bits per heavy atom. The van der Waals surface area contributed by atoms with Crippen LogP contribution < -0.4 is 10.1 Å². The van der Waals surface area contributed by atoms with Crippen molar-refractivity contribution in [1.29, 1.82) is 5.26 Å². The lowest BCUT2D eigenvalue weighted by Crippen LogP contribution is -2.31. The number of nitrogens with zero attached hydrogens (tertiary/aromatic N) is 1. The number of ether oxygens (including phenoxy) is 1. The molecule has 0 bridgehead atoms. The summed E-state index contributed by atoms with van der Waals surface area (Å²) < 4.78 is 5.72. The van der Waals surface area contributed by atoms with Gasteiger partial charge in [-0.15, -0.1) is 11.3 Å². The number of carbonyl (C=O) groups excluding carboxylic acids is 1. The van der Waals surface area contributed by atoms with Gasteiger partial charge in [-0.2, -0.15) is 5.26 Å². The van der Waals surface area contributed by atoms with Crippen molar-refractivity contribution < 1.29 is 9.53 Å². The van der Waals surface area contributed by atoms with Gasteiger partial charge in [0.05, 0.1) is 5.56 Å². The van der Waals surface area contributed by atoms with E-state index >= 15 is 0 Å². The van der Waals surface area contributed by atoms with Gasteiger partial charge in [0, 0.05) is 11.3 Å². The first-order valence-corrected chi connectivity index (χ1v) is 8.71. The molecule has 4 rings (SSSR count). The molecule has 0 saturated carbocycles. The third-order valence-electron chi connectivity index (χ3n) is 4.09. The van der Waals surface area contributed by atoms with Gasteiger partial charge in [0.15, 0.2) is 6.10 Å². The van der Waals surface area contributed by atoms with E-state index in [2.05, 4.69) is 11.4 Å². The summed E-state index contributed by atoms with van der Waals surface area (Å²) >= 11 is 1.40. The number of fused-ring (bicyclic) bond motifs is 1. The van der Waals surface area contributed by atoms with Gasteiger partial charge in [0.1, 0.15) is 16.8 Å². The first kappa shape index (κ1) is 15.4. The zero-order valence-corrected chi connectivity index (χ0v) is 14.0.